The molecule has 1 atom stereocenters. The molecule has 0 bridgehead atoms. The summed E-state index contributed by atoms with van der Waals surface area (Å²) in [6.45, 7) is 3.95. The lowest BCUT2D eigenvalue weighted by molar-refractivity contribution is -0.118. The molecule has 3 rings (SSSR count). The highest BCUT2D eigenvalue weighted by Crippen LogP contribution is 2.34. The molecular weight excluding hydrogens is 272 g/mol. The molecule has 0 radical (unpaired) electrons. The number of fused-ring (bicyclic) bond motifs is 1. The summed E-state index contributed by atoms with van der Waals surface area (Å²) in [6.07, 6.45) is 2.62. The summed E-state index contributed by atoms with van der Waals surface area (Å²) in [5.74, 6) is 0.148. The normalized spacial score (nSPS) is 16.7. The first kappa shape index (κ1) is 14.4. The van der Waals surface area contributed by atoms with Crippen LogP contribution in [0.4, 0.5) is 11.4 Å². The van der Waals surface area contributed by atoms with Gasteiger partial charge in [0.2, 0.25) is 5.91 Å². The number of nitrogens with zero attached hydrogens (tertiary/aromatic N) is 1. The average Bonchev–Trinajstić information content (AvgIpc) is 2.55. The number of para-hydroxylation sites is 2. The molecule has 0 unspecified atom stereocenters. The van der Waals surface area contributed by atoms with E-state index < -0.39 is 0 Å². The SMILES string of the molecule is CCC(=O)N1c2ccccc2C(Nc2ccccc2)=C[C@H]1C. The summed E-state index contributed by atoms with van der Waals surface area (Å²) in [4.78, 5) is 14.2. The molecule has 1 heterocycles. The van der Waals surface area contributed by atoms with Crippen molar-refractivity contribution >= 4 is 23.0 Å². The molecule has 3 nitrogen and oxygen atoms in total. The quantitative estimate of drug-likeness (QED) is 0.915. The van der Waals surface area contributed by atoms with Crippen LogP contribution in [0.5, 0.6) is 0 Å². The van der Waals surface area contributed by atoms with E-state index in [1.165, 1.54) is 0 Å². The van der Waals surface area contributed by atoms with Crippen LogP contribution in [0.1, 0.15) is 25.8 Å². The second-order valence-electron chi connectivity index (χ2n) is 5.45. The van der Waals surface area contributed by atoms with Crippen molar-refractivity contribution in [3.63, 3.8) is 0 Å². The molecule has 22 heavy (non-hydrogen) atoms. The zero-order valence-corrected chi connectivity index (χ0v) is 12.9. The Morgan fingerprint density at radius 3 is 2.50 bits per heavy atom. The lowest BCUT2D eigenvalue weighted by Gasteiger charge is -2.34. The topological polar surface area (TPSA) is 32.3 Å². The van der Waals surface area contributed by atoms with Crippen LogP contribution in [-0.4, -0.2) is 11.9 Å². The van der Waals surface area contributed by atoms with E-state index in [0.717, 1.165) is 22.6 Å². The van der Waals surface area contributed by atoms with Gasteiger partial charge in [0.25, 0.3) is 0 Å². The molecule has 1 aliphatic rings. The van der Waals surface area contributed by atoms with E-state index in [-0.39, 0.29) is 11.9 Å². The molecule has 2 aromatic carbocycles. The third-order valence-electron chi connectivity index (χ3n) is 3.89. The second-order valence-corrected chi connectivity index (χ2v) is 5.45. The minimum absolute atomic E-state index is 0.0357. The predicted molar refractivity (Wildman–Crippen MR) is 91.7 cm³/mol. The Kier molecular flexibility index (Phi) is 3.96. The van der Waals surface area contributed by atoms with Crippen LogP contribution in [0.15, 0.2) is 60.7 Å². The minimum atomic E-state index is 0.0357. The molecule has 0 saturated heterocycles. The van der Waals surface area contributed by atoms with Gasteiger partial charge in [-0.3, -0.25) is 4.79 Å². The highest BCUT2D eigenvalue weighted by Gasteiger charge is 2.27. The summed E-state index contributed by atoms with van der Waals surface area (Å²) in [7, 11) is 0. The van der Waals surface area contributed by atoms with E-state index >= 15 is 0 Å². The van der Waals surface area contributed by atoms with E-state index in [1.54, 1.807) is 0 Å². The average molecular weight is 292 g/mol. The zero-order valence-electron chi connectivity index (χ0n) is 12.9. The number of nitrogens with one attached hydrogen (secondary N) is 1. The number of anilines is 2. The van der Waals surface area contributed by atoms with Gasteiger partial charge in [-0.15, -0.1) is 0 Å². The van der Waals surface area contributed by atoms with Gasteiger partial charge in [0.1, 0.15) is 0 Å². The van der Waals surface area contributed by atoms with Gasteiger partial charge in [0.15, 0.2) is 0 Å². The first-order chi connectivity index (χ1) is 10.7. The molecule has 0 saturated carbocycles. The first-order valence-corrected chi connectivity index (χ1v) is 7.66. The lowest BCUT2D eigenvalue weighted by atomic mass is 9.99. The Balaban J connectivity index is 2.01. The van der Waals surface area contributed by atoms with Crippen LogP contribution >= 0.6 is 0 Å². The number of benzene rings is 2. The fourth-order valence-corrected chi connectivity index (χ4v) is 2.85. The largest absolute Gasteiger partial charge is 0.355 e. The smallest absolute Gasteiger partial charge is 0.227 e. The highest BCUT2D eigenvalue weighted by atomic mass is 16.2. The Hall–Kier alpha value is -2.55. The van der Waals surface area contributed by atoms with Gasteiger partial charge >= 0.3 is 0 Å². The maximum absolute atomic E-state index is 12.3. The van der Waals surface area contributed by atoms with Gasteiger partial charge in [-0.2, -0.15) is 0 Å². The molecule has 0 aliphatic carbocycles. The Labute approximate surface area is 131 Å². The Morgan fingerprint density at radius 2 is 1.77 bits per heavy atom. The van der Waals surface area contributed by atoms with E-state index in [1.807, 2.05) is 60.4 Å². The summed E-state index contributed by atoms with van der Waals surface area (Å²) in [5.41, 5.74) is 4.13. The summed E-state index contributed by atoms with van der Waals surface area (Å²) in [5, 5.41) is 3.47. The standard InChI is InChI=1S/C19H20N2O/c1-3-19(22)21-14(2)13-17(16-11-7-8-12-18(16)21)20-15-9-5-4-6-10-15/h4-14,20H,3H2,1-2H3/t14-/m1/s1. The van der Waals surface area contributed by atoms with Crippen LogP contribution < -0.4 is 10.2 Å². The third-order valence-corrected chi connectivity index (χ3v) is 3.89. The number of hydrogen-bond acceptors (Lipinski definition) is 2. The number of carbonyl (C=O) groups is 1. The first-order valence-electron chi connectivity index (χ1n) is 7.66. The highest BCUT2D eigenvalue weighted by molar-refractivity contribution is 6.00. The van der Waals surface area contributed by atoms with E-state index in [4.69, 9.17) is 0 Å². The lowest BCUT2D eigenvalue weighted by Crippen LogP contribution is -2.40. The van der Waals surface area contributed by atoms with Gasteiger partial charge in [-0.05, 0) is 31.2 Å². The number of hydrogen-bond donors (Lipinski definition) is 1. The fraction of sp³-hybridized carbons (Fsp3) is 0.211. The zero-order chi connectivity index (χ0) is 15.5. The molecule has 112 valence electrons. The Bertz CT molecular complexity index is 706. The van der Waals surface area contributed by atoms with Gasteiger partial charge in [0, 0.05) is 23.4 Å². The monoisotopic (exact) mass is 292 g/mol. The molecule has 0 fully saturated rings. The van der Waals surface area contributed by atoms with Crippen molar-refractivity contribution in [1.82, 2.24) is 0 Å². The van der Waals surface area contributed by atoms with Crippen LogP contribution in [0, 0.1) is 0 Å². The maximum Gasteiger partial charge on any atom is 0.227 e. The van der Waals surface area contributed by atoms with Crippen molar-refractivity contribution in [3.8, 4) is 0 Å². The second kappa shape index (κ2) is 6.06. The fourth-order valence-electron chi connectivity index (χ4n) is 2.85. The van der Waals surface area contributed by atoms with Crippen LogP contribution in [0.3, 0.4) is 0 Å². The molecule has 2 aromatic rings. The predicted octanol–water partition coefficient (Wildman–Crippen LogP) is 4.28. The summed E-state index contributed by atoms with van der Waals surface area (Å²) >= 11 is 0. The van der Waals surface area contributed by atoms with E-state index in [0.29, 0.717) is 6.42 Å². The van der Waals surface area contributed by atoms with Crippen LogP contribution in [-0.2, 0) is 4.79 Å². The molecule has 1 N–H and O–H groups in total. The molecule has 1 amide bonds. The van der Waals surface area contributed by atoms with Gasteiger partial charge in [-0.25, -0.2) is 0 Å². The molecule has 1 aliphatic heterocycles. The third kappa shape index (κ3) is 2.62. The molecule has 3 heteroatoms. The molecular formula is C19H20N2O. The number of carbonyl (C=O) groups excluding carboxylic acids is 1. The van der Waals surface area contributed by atoms with Crippen molar-refractivity contribution in [2.24, 2.45) is 0 Å². The van der Waals surface area contributed by atoms with E-state index in [9.17, 15) is 4.79 Å². The minimum Gasteiger partial charge on any atom is -0.355 e. The summed E-state index contributed by atoms with van der Waals surface area (Å²) in [6, 6.07) is 18.2. The van der Waals surface area contributed by atoms with Gasteiger partial charge in [0.05, 0.1) is 11.7 Å². The van der Waals surface area contributed by atoms with Crippen molar-refractivity contribution in [2.45, 2.75) is 26.3 Å². The van der Waals surface area contributed by atoms with Crippen LogP contribution in [0.25, 0.3) is 5.70 Å². The van der Waals surface area contributed by atoms with Crippen molar-refractivity contribution in [1.29, 1.82) is 0 Å². The van der Waals surface area contributed by atoms with Crippen molar-refractivity contribution in [3.05, 3.63) is 66.2 Å². The van der Waals surface area contributed by atoms with Gasteiger partial charge < -0.3 is 10.2 Å². The summed E-state index contributed by atoms with van der Waals surface area (Å²) < 4.78 is 0. The molecule has 0 spiro atoms. The van der Waals surface area contributed by atoms with E-state index in [2.05, 4.69) is 24.4 Å². The molecule has 0 aromatic heterocycles. The van der Waals surface area contributed by atoms with Crippen molar-refractivity contribution in [2.75, 3.05) is 10.2 Å². The van der Waals surface area contributed by atoms with Gasteiger partial charge in [-0.1, -0.05) is 43.3 Å². The number of rotatable bonds is 3. The van der Waals surface area contributed by atoms with Crippen molar-refractivity contribution < 1.29 is 4.79 Å². The number of amides is 1. The Morgan fingerprint density at radius 1 is 1.09 bits per heavy atom. The van der Waals surface area contributed by atoms with Crippen LogP contribution in [0.2, 0.25) is 0 Å². The maximum atomic E-state index is 12.3.